The molecule has 0 aliphatic carbocycles. The molecule has 1 saturated heterocycles. The molecule has 180 valence electrons. The molecule has 9 nitrogen and oxygen atoms in total. The van der Waals surface area contributed by atoms with E-state index in [1.807, 2.05) is 41.3 Å². The minimum atomic E-state index is -0.192. The van der Waals surface area contributed by atoms with Gasteiger partial charge in [-0.2, -0.15) is 5.10 Å². The smallest absolute Gasteiger partial charge is 0.253 e. The lowest BCUT2D eigenvalue weighted by molar-refractivity contribution is -0.114. The van der Waals surface area contributed by atoms with Crippen LogP contribution in [0.4, 0.5) is 5.82 Å². The van der Waals surface area contributed by atoms with Crippen LogP contribution < -0.4 is 5.32 Å². The number of pyridine rings is 1. The summed E-state index contributed by atoms with van der Waals surface area (Å²) >= 11 is 0. The molecule has 4 aromatic rings. The first kappa shape index (κ1) is 23.2. The van der Waals surface area contributed by atoms with Gasteiger partial charge in [-0.05, 0) is 49.4 Å². The third-order valence-electron chi connectivity index (χ3n) is 5.98. The van der Waals surface area contributed by atoms with E-state index in [0.29, 0.717) is 28.3 Å². The number of likely N-dealkylation sites (N-methyl/N-ethyl adjacent to an activating group) is 1. The summed E-state index contributed by atoms with van der Waals surface area (Å²) in [7, 11) is 2.07. The van der Waals surface area contributed by atoms with Crippen LogP contribution in [0.5, 0.6) is 0 Å². The van der Waals surface area contributed by atoms with Crippen molar-refractivity contribution in [3.05, 3.63) is 77.7 Å². The molecular formula is C27H25N7O2. The summed E-state index contributed by atoms with van der Waals surface area (Å²) in [4.78, 5) is 36.7. The first-order valence-corrected chi connectivity index (χ1v) is 11.6. The number of carbonyl (C=O) groups excluding carboxylic acids is 2. The number of hydrogen-bond donors (Lipinski definition) is 1. The van der Waals surface area contributed by atoms with Crippen molar-refractivity contribution in [2.75, 3.05) is 38.5 Å². The van der Waals surface area contributed by atoms with Crippen LogP contribution in [0.1, 0.15) is 28.5 Å². The number of nitrogens with one attached hydrogen (secondary N) is 1. The van der Waals surface area contributed by atoms with Crippen LogP contribution in [-0.4, -0.2) is 74.4 Å². The van der Waals surface area contributed by atoms with Crippen molar-refractivity contribution in [1.29, 1.82) is 0 Å². The number of fused-ring (bicyclic) bond motifs is 1. The number of rotatable bonds is 3. The van der Waals surface area contributed by atoms with Crippen LogP contribution in [0.3, 0.4) is 0 Å². The van der Waals surface area contributed by atoms with Crippen molar-refractivity contribution in [2.24, 2.45) is 0 Å². The Morgan fingerprint density at radius 2 is 1.72 bits per heavy atom. The quantitative estimate of drug-likeness (QED) is 0.454. The summed E-state index contributed by atoms with van der Waals surface area (Å²) in [6, 6.07) is 14.8. The molecule has 1 N–H and O–H groups in total. The molecule has 0 spiro atoms. The van der Waals surface area contributed by atoms with E-state index < -0.39 is 0 Å². The Bertz CT molecular complexity index is 1490. The fourth-order valence-electron chi connectivity index (χ4n) is 3.98. The number of hydrogen-bond acceptors (Lipinski definition) is 6. The highest BCUT2D eigenvalue weighted by Crippen LogP contribution is 2.20. The second kappa shape index (κ2) is 9.98. The largest absolute Gasteiger partial charge is 0.336 e. The zero-order chi connectivity index (χ0) is 25.1. The Morgan fingerprint density at radius 1 is 0.944 bits per heavy atom. The lowest BCUT2D eigenvalue weighted by Crippen LogP contribution is -2.47. The van der Waals surface area contributed by atoms with Gasteiger partial charge in [-0.1, -0.05) is 18.1 Å². The van der Waals surface area contributed by atoms with E-state index in [1.54, 1.807) is 29.0 Å². The van der Waals surface area contributed by atoms with Crippen molar-refractivity contribution in [1.82, 2.24) is 29.4 Å². The topological polar surface area (TPSA) is 95.7 Å². The van der Waals surface area contributed by atoms with Gasteiger partial charge in [-0.3, -0.25) is 9.59 Å². The van der Waals surface area contributed by atoms with Gasteiger partial charge in [-0.15, -0.1) is 0 Å². The molecule has 9 heteroatoms. The van der Waals surface area contributed by atoms with Gasteiger partial charge in [-0.25, -0.2) is 14.5 Å². The van der Waals surface area contributed by atoms with Gasteiger partial charge in [0.05, 0.1) is 11.9 Å². The minimum absolute atomic E-state index is 0.0583. The molecule has 1 aliphatic rings. The molecule has 0 unspecified atom stereocenters. The zero-order valence-corrected chi connectivity index (χ0v) is 20.1. The van der Waals surface area contributed by atoms with E-state index in [2.05, 4.69) is 39.1 Å². The lowest BCUT2D eigenvalue weighted by atomic mass is 10.1. The van der Waals surface area contributed by atoms with E-state index in [4.69, 9.17) is 5.10 Å². The summed E-state index contributed by atoms with van der Waals surface area (Å²) < 4.78 is 1.70. The van der Waals surface area contributed by atoms with Gasteiger partial charge >= 0.3 is 0 Å². The third-order valence-corrected chi connectivity index (χ3v) is 5.98. The number of benzene rings is 1. The van der Waals surface area contributed by atoms with E-state index in [9.17, 15) is 9.59 Å². The summed E-state index contributed by atoms with van der Waals surface area (Å²) in [6.07, 6.45) is 3.27. The minimum Gasteiger partial charge on any atom is -0.336 e. The molecule has 1 fully saturated rings. The molecule has 4 heterocycles. The second-order valence-electron chi connectivity index (χ2n) is 8.67. The Hall–Kier alpha value is -4.55. The summed E-state index contributed by atoms with van der Waals surface area (Å²) in [5.74, 6) is 6.49. The molecule has 2 amide bonds. The first-order chi connectivity index (χ1) is 17.5. The Balaban J connectivity index is 1.37. The molecule has 0 radical (unpaired) electrons. The Morgan fingerprint density at radius 3 is 2.47 bits per heavy atom. The first-order valence-electron chi connectivity index (χ1n) is 11.6. The highest BCUT2D eigenvalue weighted by Gasteiger charge is 2.20. The van der Waals surface area contributed by atoms with Gasteiger partial charge in [0.2, 0.25) is 5.91 Å². The maximum absolute atomic E-state index is 12.8. The van der Waals surface area contributed by atoms with Crippen LogP contribution in [0.15, 0.2) is 60.9 Å². The molecule has 0 saturated carbocycles. The number of aromatic nitrogens is 4. The van der Waals surface area contributed by atoms with Gasteiger partial charge in [0.1, 0.15) is 11.5 Å². The van der Waals surface area contributed by atoms with Crippen LogP contribution in [0.25, 0.3) is 16.9 Å². The molecular weight excluding hydrogens is 454 g/mol. The summed E-state index contributed by atoms with van der Waals surface area (Å²) in [6.45, 7) is 4.70. The van der Waals surface area contributed by atoms with E-state index in [-0.39, 0.29) is 11.8 Å². The highest BCUT2D eigenvalue weighted by atomic mass is 16.2. The number of imidazole rings is 1. The fourth-order valence-corrected chi connectivity index (χ4v) is 3.98. The zero-order valence-electron chi connectivity index (χ0n) is 20.1. The maximum atomic E-state index is 12.8. The van der Waals surface area contributed by atoms with Crippen molar-refractivity contribution < 1.29 is 9.59 Å². The summed E-state index contributed by atoms with van der Waals surface area (Å²) in [5, 5.41) is 7.38. The van der Waals surface area contributed by atoms with Crippen LogP contribution >= 0.6 is 0 Å². The predicted molar refractivity (Wildman–Crippen MR) is 136 cm³/mol. The highest BCUT2D eigenvalue weighted by molar-refractivity contribution is 5.94. The molecule has 1 aromatic carbocycles. The van der Waals surface area contributed by atoms with Crippen LogP contribution in [-0.2, 0) is 4.79 Å². The van der Waals surface area contributed by atoms with Crippen molar-refractivity contribution in [3.63, 3.8) is 0 Å². The van der Waals surface area contributed by atoms with E-state index >= 15 is 0 Å². The second-order valence-corrected chi connectivity index (χ2v) is 8.67. The van der Waals surface area contributed by atoms with Gasteiger partial charge in [0.15, 0.2) is 5.65 Å². The lowest BCUT2D eigenvalue weighted by Gasteiger charge is -2.32. The number of carbonyl (C=O) groups is 2. The predicted octanol–water partition coefficient (Wildman–Crippen LogP) is 2.54. The normalized spacial score (nSPS) is 13.8. The van der Waals surface area contributed by atoms with E-state index in [1.165, 1.54) is 6.92 Å². The van der Waals surface area contributed by atoms with Crippen LogP contribution in [0, 0.1) is 11.8 Å². The number of amides is 2. The van der Waals surface area contributed by atoms with Crippen molar-refractivity contribution in [3.8, 4) is 23.1 Å². The number of nitrogens with zero attached hydrogens (tertiary/aromatic N) is 6. The molecule has 0 bridgehead atoms. The standard InChI is InChI=1S/C27H25N7O2/c1-19(35)30-25-17-20(11-12-28-25)3-8-23-18-29-26-10-9-24(31-34(23)26)21-4-6-22(7-5-21)27(36)33-15-13-32(2)14-16-33/h4-7,9-12,17-18H,13-16H2,1-2H3,(H,28,30,35). The molecule has 5 rings (SSSR count). The van der Waals surface area contributed by atoms with Crippen molar-refractivity contribution in [2.45, 2.75) is 6.92 Å². The fraction of sp³-hybridized carbons (Fsp3) is 0.222. The number of anilines is 1. The SMILES string of the molecule is CC(=O)Nc1cc(C#Cc2cnc3ccc(-c4ccc(C(=O)N5CCN(C)CC5)cc4)nn23)ccn1. The average molecular weight is 480 g/mol. The molecule has 3 aromatic heterocycles. The Labute approximate surface area is 208 Å². The maximum Gasteiger partial charge on any atom is 0.253 e. The molecule has 36 heavy (non-hydrogen) atoms. The summed E-state index contributed by atoms with van der Waals surface area (Å²) in [5.41, 5.74) is 4.34. The van der Waals surface area contributed by atoms with Gasteiger partial charge in [0, 0.05) is 56.0 Å². The monoisotopic (exact) mass is 479 g/mol. The van der Waals surface area contributed by atoms with Gasteiger partial charge in [0.25, 0.3) is 5.91 Å². The Kier molecular flexibility index (Phi) is 6.43. The third kappa shape index (κ3) is 5.09. The van der Waals surface area contributed by atoms with Crippen LogP contribution in [0.2, 0.25) is 0 Å². The number of piperazine rings is 1. The molecule has 0 atom stereocenters. The van der Waals surface area contributed by atoms with Gasteiger partial charge < -0.3 is 15.1 Å². The van der Waals surface area contributed by atoms with E-state index in [0.717, 1.165) is 37.4 Å². The molecule has 1 aliphatic heterocycles. The van der Waals surface area contributed by atoms with Crippen molar-refractivity contribution >= 4 is 23.3 Å². The average Bonchev–Trinajstić information content (AvgIpc) is 3.30.